The van der Waals surface area contributed by atoms with Crippen LogP contribution in [-0.4, -0.2) is 7.05 Å². The zero-order valence-electron chi connectivity index (χ0n) is 9.76. The third-order valence-corrected chi connectivity index (χ3v) is 3.57. The van der Waals surface area contributed by atoms with E-state index in [0.717, 1.165) is 0 Å². The van der Waals surface area contributed by atoms with Gasteiger partial charge in [0, 0.05) is 9.61 Å². The fourth-order valence-corrected chi connectivity index (χ4v) is 2.43. The maximum Gasteiger partial charge on any atom is 0.0343 e. The molecule has 1 N–H and O–H groups in total. The summed E-state index contributed by atoms with van der Waals surface area (Å²) < 4.78 is 1.30. The smallest absolute Gasteiger partial charge is 0.0343 e. The summed E-state index contributed by atoms with van der Waals surface area (Å²) in [5.74, 6) is 0.695. The molecule has 2 heteroatoms. The lowest BCUT2D eigenvalue weighted by Gasteiger charge is -2.23. The Labute approximate surface area is 107 Å². The largest absolute Gasteiger partial charge is 0.313 e. The van der Waals surface area contributed by atoms with Crippen molar-refractivity contribution in [3.8, 4) is 0 Å². The number of hydrogen-bond acceptors (Lipinski definition) is 1. The molecule has 0 saturated heterocycles. The molecule has 15 heavy (non-hydrogen) atoms. The number of halogens is 1. The van der Waals surface area contributed by atoms with Gasteiger partial charge in [0.25, 0.3) is 0 Å². The Morgan fingerprint density at radius 2 is 1.87 bits per heavy atom. The summed E-state index contributed by atoms with van der Waals surface area (Å²) in [6, 6.07) is 9.31. The van der Waals surface area contributed by atoms with Gasteiger partial charge in [-0.15, -0.1) is 0 Å². The van der Waals surface area contributed by atoms with Crippen molar-refractivity contribution in [2.75, 3.05) is 7.05 Å². The summed E-state index contributed by atoms with van der Waals surface area (Å²) in [6.45, 7) is 4.57. The van der Waals surface area contributed by atoms with E-state index in [1.807, 2.05) is 0 Å². The second kappa shape index (κ2) is 6.48. The molecule has 1 nitrogen and oxygen atoms in total. The minimum Gasteiger partial charge on any atom is -0.313 e. The second-order valence-electron chi connectivity index (χ2n) is 4.08. The first-order valence-electron chi connectivity index (χ1n) is 5.61. The van der Waals surface area contributed by atoms with Crippen LogP contribution < -0.4 is 5.32 Å². The summed E-state index contributed by atoms with van der Waals surface area (Å²) in [5, 5.41) is 3.42. The lowest BCUT2D eigenvalue weighted by Crippen LogP contribution is -2.23. The van der Waals surface area contributed by atoms with Crippen molar-refractivity contribution in [2.24, 2.45) is 5.92 Å². The molecule has 0 aromatic heterocycles. The molecular formula is C13H20IN. The van der Waals surface area contributed by atoms with Crippen LogP contribution in [0.3, 0.4) is 0 Å². The summed E-state index contributed by atoms with van der Waals surface area (Å²) in [4.78, 5) is 0. The van der Waals surface area contributed by atoms with Crippen LogP contribution >= 0.6 is 22.6 Å². The Bertz CT molecular complexity index is 281. The van der Waals surface area contributed by atoms with Crippen LogP contribution in [-0.2, 0) is 0 Å². The molecule has 0 aliphatic rings. The van der Waals surface area contributed by atoms with E-state index in [1.54, 1.807) is 0 Å². The molecule has 2 atom stereocenters. The Balaban J connectivity index is 2.77. The SMILES string of the molecule is CCCC(C)C(NC)c1ccc(I)cc1. The van der Waals surface area contributed by atoms with Crippen LogP contribution in [0.25, 0.3) is 0 Å². The van der Waals surface area contributed by atoms with Gasteiger partial charge in [-0.1, -0.05) is 32.4 Å². The minimum atomic E-state index is 0.488. The molecule has 1 rings (SSSR count). The molecule has 0 fully saturated rings. The highest BCUT2D eigenvalue weighted by atomic mass is 127. The van der Waals surface area contributed by atoms with Crippen molar-refractivity contribution >= 4 is 22.6 Å². The number of benzene rings is 1. The Morgan fingerprint density at radius 3 is 2.33 bits per heavy atom. The molecule has 2 unspecified atom stereocenters. The second-order valence-corrected chi connectivity index (χ2v) is 5.33. The first-order valence-corrected chi connectivity index (χ1v) is 6.69. The predicted octanol–water partition coefficient (Wildman–Crippen LogP) is 3.99. The highest BCUT2D eigenvalue weighted by molar-refractivity contribution is 14.1. The molecule has 0 amide bonds. The highest BCUT2D eigenvalue weighted by Gasteiger charge is 2.16. The topological polar surface area (TPSA) is 12.0 Å². The summed E-state index contributed by atoms with van der Waals surface area (Å²) in [5.41, 5.74) is 1.40. The van der Waals surface area contributed by atoms with Gasteiger partial charge in [0.2, 0.25) is 0 Å². The summed E-state index contributed by atoms with van der Waals surface area (Å²) >= 11 is 2.35. The first-order chi connectivity index (χ1) is 7.19. The molecular weight excluding hydrogens is 297 g/mol. The van der Waals surface area contributed by atoms with Crippen molar-refractivity contribution in [3.05, 3.63) is 33.4 Å². The van der Waals surface area contributed by atoms with Crippen molar-refractivity contribution in [2.45, 2.75) is 32.7 Å². The van der Waals surface area contributed by atoms with Gasteiger partial charge < -0.3 is 5.32 Å². The Kier molecular flexibility index (Phi) is 5.61. The van der Waals surface area contributed by atoms with Crippen LogP contribution in [0.1, 0.15) is 38.3 Å². The van der Waals surface area contributed by atoms with Gasteiger partial charge in [-0.3, -0.25) is 0 Å². The third-order valence-electron chi connectivity index (χ3n) is 2.85. The normalized spacial score (nSPS) is 14.9. The predicted molar refractivity (Wildman–Crippen MR) is 75.0 cm³/mol. The van der Waals surface area contributed by atoms with Crippen LogP contribution in [0, 0.1) is 9.49 Å². The van der Waals surface area contributed by atoms with Crippen LogP contribution in [0.2, 0.25) is 0 Å². The molecule has 0 saturated carbocycles. The average Bonchev–Trinajstić information content (AvgIpc) is 2.22. The van der Waals surface area contributed by atoms with Crippen molar-refractivity contribution in [3.63, 3.8) is 0 Å². The fourth-order valence-electron chi connectivity index (χ4n) is 2.07. The molecule has 84 valence electrons. The standard InChI is InChI=1S/C13H20IN/c1-4-5-10(2)13(15-3)11-6-8-12(14)9-7-11/h6-10,13,15H,4-5H2,1-3H3. The van der Waals surface area contributed by atoms with E-state index < -0.39 is 0 Å². The minimum absolute atomic E-state index is 0.488. The molecule has 0 radical (unpaired) electrons. The van der Waals surface area contributed by atoms with Crippen molar-refractivity contribution in [1.82, 2.24) is 5.32 Å². The van der Waals surface area contributed by atoms with E-state index in [9.17, 15) is 0 Å². The molecule has 0 aliphatic carbocycles. The van der Waals surface area contributed by atoms with E-state index in [1.165, 1.54) is 22.0 Å². The number of hydrogen-bond donors (Lipinski definition) is 1. The van der Waals surface area contributed by atoms with Gasteiger partial charge in [-0.2, -0.15) is 0 Å². The molecule has 1 aromatic carbocycles. The molecule has 1 aromatic rings. The third kappa shape index (κ3) is 3.76. The van der Waals surface area contributed by atoms with Gasteiger partial charge in [0.05, 0.1) is 0 Å². The van der Waals surface area contributed by atoms with Gasteiger partial charge in [0.15, 0.2) is 0 Å². The van der Waals surface area contributed by atoms with Gasteiger partial charge in [-0.25, -0.2) is 0 Å². The molecule has 0 spiro atoms. The first kappa shape index (κ1) is 13.0. The van der Waals surface area contributed by atoms with Crippen LogP contribution in [0.4, 0.5) is 0 Å². The lowest BCUT2D eigenvalue weighted by atomic mass is 9.91. The van der Waals surface area contributed by atoms with Crippen molar-refractivity contribution < 1.29 is 0 Å². The molecule has 0 bridgehead atoms. The number of rotatable bonds is 5. The average molecular weight is 317 g/mol. The number of nitrogens with one attached hydrogen (secondary N) is 1. The molecule has 0 aliphatic heterocycles. The Morgan fingerprint density at radius 1 is 1.27 bits per heavy atom. The van der Waals surface area contributed by atoms with E-state index >= 15 is 0 Å². The van der Waals surface area contributed by atoms with Gasteiger partial charge >= 0.3 is 0 Å². The summed E-state index contributed by atoms with van der Waals surface area (Å²) in [6.07, 6.45) is 2.53. The lowest BCUT2D eigenvalue weighted by molar-refractivity contribution is 0.384. The molecule has 0 heterocycles. The van der Waals surface area contributed by atoms with E-state index in [2.05, 4.69) is 73.1 Å². The van der Waals surface area contributed by atoms with Crippen molar-refractivity contribution in [1.29, 1.82) is 0 Å². The zero-order valence-corrected chi connectivity index (χ0v) is 11.9. The monoisotopic (exact) mass is 317 g/mol. The van der Waals surface area contributed by atoms with E-state index in [0.29, 0.717) is 12.0 Å². The maximum atomic E-state index is 3.42. The maximum absolute atomic E-state index is 3.42. The zero-order chi connectivity index (χ0) is 11.3. The van der Waals surface area contributed by atoms with Gasteiger partial charge in [0.1, 0.15) is 0 Å². The van der Waals surface area contributed by atoms with Crippen LogP contribution in [0.5, 0.6) is 0 Å². The highest BCUT2D eigenvalue weighted by Crippen LogP contribution is 2.25. The quantitative estimate of drug-likeness (QED) is 0.810. The van der Waals surface area contributed by atoms with Crippen LogP contribution in [0.15, 0.2) is 24.3 Å². The van der Waals surface area contributed by atoms with E-state index in [4.69, 9.17) is 0 Å². The fraction of sp³-hybridized carbons (Fsp3) is 0.538. The van der Waals surface area contributed by atoms with Gasteiger partial charge in [-0.05, 0) is 59.7 Å². The summed E-state index contributed by atoms with van der Waals surface area (Å²) in [7, 11) is 2.05. The Hall–Kier alpha value is -0.0900. The van der Waals surface area contributed by atoms with E-state index in [-0.39, 0.29) is 0 Å².